The van der Waals surface area contributed by atoms with Gasteiger partial charge in [0.15, 0.2) is 0 Å². The number of aromatic nitrogens is 1. The quantitative estimate of drug-likeness (QED) is 0.591. The van der Waals surface area contributed by atoms with Gasteiger partial charge in [-0.05, 0) is 49.2 Å². The molecule has 0 atom stereocenters. The molecule has 1 aromatic heterocycles. The van der Waals surface area contributed by atoms with Crippen molar-refractivity contribution in [3.8, 4) is 0 Å². The minimum Gasteiger partial charge on any atom is -0.478 e. The van der Waals surface area contributed by atoms with E-state index in [2.05, 4.69) is 5.32 Å². The molecule has 2 aromatic carbocycles. The number of benzene rings is 2. The minimum absolute atomic E-state index is 0.303. The summed E-state index contributed by atoms with van der Waals surface area (Å²) in [5.74, 6) is -1.26. The summed E-state index contributed by atoms with van der Waals surface area (Å²) < 4.78 is 15.4. The maximum absolute atomic E-state index is 13.5. The zero-order chi connectivity index (χ0) is 20.3. The van der Waals surface area contributed by atoms with Crippen LogP contribution in [0.25, 0.3) is 0 Å². The van der Waals surface area contributed by atoms with Gasteiger partial charge in [0.1, 0.15) is 5.82 Å². The van der Waals surface area contributed by atoms with Gasteiger partial charge in [0.25, 0.3) is 0 Å². The van der Waals surface area contributed by atoms with Gasteiger partial charge < -0.3 is 15.0 Å². The number of hydrogen-bond donors (Lipinski definition) is 2. The Labute approximate surface area is 168 Å². The van der Waals surface area contributed by atoms with Crippen molar-refractivity contribution in [2.24, 2.45) is 0 Å². The van der Waals surface area contributed by atoms with Gasteiger partial charge in [0.2, 0.25) is 0 Å². The molecule has 0 saturated heterocycles. The number of aromatic carboxylic acids is 1. The lowest BCUT2D eigenvalue weighted by Gasteiger charge is -2.10. The zero-order valence-corrected chi connectivity index (χ0v) is 16.6. The largest absolute Gasteiger partial charge is 0.478 e. The fraction of sp³-hybridized carbons (Fsp3) is 0.227. The molecule has 0 amide bonds. The van der Waals surface area contributed by atoms with Crippen LogP contribution >= 0.6 is 11.6 Å². The van der Waals surface area contributed by atoms with E-state index in [1.165, 1.54) is 12.1 Å². The first-order valence-electron chi connectivity index (χ1n) is 8.98. The van der Waals surface area contributed by atoms with Crippen molar-refractivity contribution in [1.29, 1.82) is 0 Å². The molecule has 2 N–H and O–H groups in total. The van der Waals surface area contributed by atoms with Crippen molar-refractivity contribution < 1.29 is 14.3 Å². The summed E-state index contributed by atoms with van der Waals surface area (Å²) in [5.41, 5.74) is 4.43. The molecule has 146 valence electrons. The highest BCUT2D eigenvalue weighted by molar-refractivity contribution is 6.30. The van der Waals surface area contributed by atoms with Gasteiger partial charge in [0.05, 0.1) is 5.56 Å². The highest BCUT2D eigenvalue weighted by Gasteiger charge is 2.22. The lowest BCUT2D eigenvalue weighted by atomic mass is 10.1. The number of rotatable bonds is 7. The molecule has 0 spiro atoms. The molecule has 0 bridgehead atoms. The Bertz CT molecular complexity index is 997. The van der Waals surface area contributed by atoms with Crippen LogP contribution in [0.15, 0.2) is 48.5 Å². The third kappa shape index (κ3) is 4.43. The van der Waals surface area contributed by atoms with Gasteiger partial charge in [0, 0.05) is 41.6 Å². The van der Waals surface area contributed by atoms with Crippen molar-refractivity contribution in [2.45, 2.75) is 33.5 Å². The molecule has 1 heterocycles. The van der Waals surface area contributed by atoms with Crippen LogP contribution in [0.2, 0.25) is 5.02 Å². The van der Waals surface area contributed by atoms with E-state index < -0.39 is 5.97 Å². The lowest BCUT2D eigenvalue weighted by Crippen LogP contribution is -2.15. The van der Waals surface area contributed by atoms with Crippen molar-refractivity contribution in [3.05, 3.63) is 93.0 Å². The fourth-order valence-electron chi connectivity index (χ4n) is 3.44. The van der Waals surface area contributed by atoms with Crippen LogP contribution in [0.3, 0.4) is 0 Å². The molecule has 0 aliphatic rings. The van der Waals surface area contributed by atoms with E-state index in [1.807, 2.05) is 41.8 Å². The molecule has 0 saturated carbocycles. The van der Waals surface area contributed by atoms with Crippen LogP contribution in [-0.2, 0) is 19.6 Å². The first-order valence-corrected chi connectivity index (χ1v) is 9.36. The summed E-state index contributed by atoms with van der Waals surface area (Å²) in [7, 11) is 0. The average Bonchev–Trinajstić information content (AvgIpc) is 2.88. The maximum Gasteiger partial charge on any atom is 0.337 e. The molecular weight excluding hydrogens is 379 g/mol. The first-order chi connectivity index (χ1) is 13.4. The molecule has 0 aliphatic carbocycles. The summed E-state index contributed by atoms with van der Waals surface area (Å²) in [4.78, 5) is 11.9. The summed E-state index contributed by atoms with van der Waals surface area (Å²) in [5, 5.41) is 13.7. The van der Waals surface area contributed by atoms with Crippen molar-refractivity contribution in [2.75, 3.05) is 0 Å². The normalized spacial score (nSPS) is 11.0. The second kappa shape index (κ2) is 8.59. The first kappa shape index (κ1) is 20.1. The topological polar surface area (TPSA) is 54.3 Å². The summed E-state index contributed by atoms with van der Waals surface area (Å²) in [6.45, 7) is 5.14. The molecule has 4 nitrogen and oxygen atoms in total. The predicted molar refractivity (Wildman–Crippen MR) is 108 cm³/mol. The molecule has 3 aromatic rings. The number of carboxylic acids is 1. The van der Waals surface area contributed by atoms with E-state index in [9.17, 15) is 14.3 Å². The van der Waals surface area contributed by atoms with Gasteiger partial charge in [-0.25, -0.2) is 9.18 Å². The molecule has 6 heteroatoms. The van der Waals surface area contributed by atoms with Crippen molar-refractivity contribution >= 4 is 17.6 Å². The molecule has 0 aliphatic heterocycles. The maximum atomic E-state index is 13.5. The highest BCUT2D eigenvalue weighted by Crippen LogP contribution is 2.24. The number of nitrogens with one attached hydrogen (secondary N) is 1. The Hall–Kier alpha value is -2.63. The lowest BCUT2D eigenvalue weighted by molar-refractivity contribution is 0.0694. The van der Waals surface area contributed by atoms with Crippen LogP contribution in [0, 0.1) is 19.7 Å². The van der Waals surface area contributed by atoms with Crippen LogP contribution in [-0.4, -0.2) is 15.6 Å². The van der Waals surface area contributed by atoms with E-state index >= 15 is 0 Å². The van der Waals surface area contributed by atoms with E-state index in [-0.39, 0.29) is 5.82 Å². The fourth-order valence-corrected chi connectivity index (χ4v) is 3.56. The standard InChI is InChI=1S/C22H22ClFN2O2/c1-14-20(12-25-11-16-6-8-18(23)9-7-16)21(22(27)28)15(2)26(14)13-17-4-3-5-19(24)10-17/h3-10,25H,11-13H2,1-2H3,(H,27,28). The van der Waals surface area contributed by atoms with Gasteiger partial charge >= 0.3 is 5.97 Å². The Morgan fingerprint density at radius 1 is 1.07 bits per heavy atom. The van der Waals surface area contributed by atoms with Crippen LogP contribution in [0.4, 0.5) is 4.39 Å². The molecule has 3 rings (SSSR count). The van der Waals surface area contributed by atoms with Crippen molar-refractivity contribution in [1.82, 2.24) is 9.88 Å². The highest BCUT2D eigenvalue weighted by atomic mass is 35.5. The van der Waals surface area contributed by atoms with Gasteiger partial charge in [-0.3, -0.25) is 0 Å². The zero-order valence-electron chi connectivity index (χ0n) is 15.8. The third-order valence-electron chi connectivity index (χ3n) is 4.90. The second-order valence-corrected chi connectivity index (χ2v) is 7.21. The van der Waals surface area contributed by atoms with Gasteiger partial charge in [-0.2, -0.15) is 0 Å². The van der Waals surface area contributed by atoms with E-state index in [0.717, 1.165) is 22.4 Å². The van der Waals surface area contributed by atoms with E-state index in [4.69, 9.17) is 11.6 Å². The Morgan fingerprint density at radius 3 is 2.43 bits per heavy atom. The van der Waals surface area contributed by atoms with Gasteiger partial charge in [-0.15, -0.1) is 0 Å². The average molecular weight is 401 g/mol. The van der Waals surface area contributed by atoms with E-state index in [0.29, 0.717) is 35.9 Å². The minimum atomic E-state index is -0.957. The monoisotopic (exact) mass is 400 g/mol. The second-order valence-electron chi connectivity index (χ2n) is 6.78. The number of carbonyl (C=O) groups is 1. The molecular formula is C22H22ClFN2O2. The Morgan fingerprint density at radius 2 is 1.79 bits per heavy atom. The van der Waals surface area contributed by atoms with Crippen LogP contribution in [0.1, 0.15) is 38.4 Å². The number of hydrogen-bond acceptors (Lipinski definition) is 2. The van der Waals surface area contributed by atoms with Gasteiger partial charge in [-0.1, -0.05) is 35.9 Å². The number of carboxylic acid groups (broad SMARTS) is 1. The summed E-state index contributed by atoms with van der Waals surface area (Å²) in [6.07, 6.45) is 0. The van der Waals surface area contributed by atoms with Crippen LogP contribution < -0.4 is 5.32 Å². The molecule has 0 fully saturated rings. The van der Waals surface area contributed by atoms with E-state index in [1.54, 1.807) is 13.0 Å². The molecule has 0 radical (unpaired) electrons. The predicted octanol–water partition coefficient (Wildman–Crippen LogP) is 4.93. The SMILES string of the molecule is Cc1c(CNCc2ccc(Cl)cc2)c(C(=O)O)c(C)n1Cc1cccc(F)c1. The number of nitrogens with zero attached hydrogens (tertiary/aromatic N) is 1. The third-order valence-corrected chi connectivity index (χ3v) is 5.15. The summed E-state index contributed by atoms with van der Waals surface area (Å²) in [6, 6.07) is 13.9. The van der Waals surface area contributed by atoms with Crippen molar-refractivity contribution in [3.63, 3.8) is 0 Å². The number of halogens is 2. The molecule has 28 heavy (non-hydrogen) atoms. The molecule has 0 unspecified atom stereocenters. The Balaban J connectivity index is 1.83. The van der Waals surface area contributed by atoms with Crippen LogP contribution in [0.5, 0.6) is 0 Å². The summed E-state index contributed by atoms with van der Waals surface area (Å²) >= 11 is 5.90. The smallest absolute Gasteiger partial charge is 0.337 e. The Kier molecular flexibility index (Phi) is 6.17.